The summed E-state index contributed by atoms with van der Waals surface area (Å²) in [4.78, 5) is 16.2. The largest absolute Gasteiger partial charge is 0.376 e. The van der Waals surface area contributed by atoms with Gasteiger partial charge < -0.3 is 20.7 Å². The Morgan fingerprint density at radius 3 is 2.48 bits per heavy atom. The lowest BCUT2D eigenvalue weighted by Gasteiger charge is -2.14. The molecule has 1 unspecified atom stereocenters. The summed E-state index contributed by atoms with van der Waals surface area (Å²) < 4.78 is 5.76. The van der Waals surface area contributed by atoms with E-state index in [4.69, 9.17) is 4.74 Å². The number of hydrogen-bond acceptors (Lipinski definition) is 3. The molecule has 1 atom stereocenters. The third-order valence-corrected chi connectivity index (χ3v) is 3.51. The van der Waals surface area contributed by atoms with Gasteiger partial charge in [0.2, 0.25) is 5.91 Å². The van der Waals surface area contributed by atoms with Gasteiger partial charge in [-0.1, -0.05) is 37.3 Å². The van der Waals surface area contributed by atoms with Gasteiger partial charge in [-0.3, -0.25) is 9.79 Å². The van der Waals surface area contributed by atoms with E-state index in [1.54, 1.807) is 0 Å². The highest BCUT2D eigenvalue weighted by Gasteiger charge is 2.06. The first-order chi connectivity index (χ1) is 12.5. The van der Waals surface area contributed by atoms with Gasteiger partial charge in [-0.2, -0.15) is 0 Å². The molecule has 0 aliphatic heterocycles. The molecule has 0 saturated carbocycles. The monoisotopic (exact) mass is 490 g/mol. The van der Waals surface area contributed by atoms with Gasteiger partial charge >= 0.3 is 0 Å². The summed E-state index contributed by atoms with van der Waals surface area (Å²) in [6, 6.07) is 10.3. The number of carbonyl (C=O) groups excluding carboxylic acids is 1. The second-order valence-corrected chi connectivity index (χ2v) is 6.72. The number of benzene rings is 1. The molecule has 0 aromatic heterocycles. The molecular formula is C20H35IN4O2. The number of halogens is 1. The van der Waals surface area contributed by atoms with Gasteiger partial charge in [-0.15, -0.1) is 24.0 Å². The zero-order valence-electron chi connectivity index (χ0n) is 17.0. The van der Waals surface area contributed by atoms with E-state index in [1.165, 1.54) is 5.56 Å². The first-order valence-corrected chi connectivity index (χ1v) is 9.44. The number of guanidine groups is 1. The molecule has 154 valence electrons. The van der Waals surface area contributed by atoms with Crippen molar-refractivity contribution in [1.82, 2.24) is 16.0 Å². The van der Waals surface area contributed by atoms with Gasteiger partial charge in [0, 0.05) is 32.1 Å². The van der Waals surface area contributed by atoms with Crippen LogP contribution in [-0.2, 0) is 16.1 Å². The number of rotatable bonds is 11. The Kier molecular flexibility index (Phi) is 14.9. The fourth-order valence-corrected chi connectivity index (χ4v) is 2.28. The van der Waals surface area contributed by atoms with E-state index in [0.717, 1.165) is 12.5 Å². The molecule has 6 nitrogen and oxygen atoms in total. The van der Waals surface area contributed by atoms with Crippen LogP contribution in [0.15, 0.2) is 35.3 Å². The minimum absolute atomic E-state index is 0. The number of carbonyl (C=O) groups is 1. The van der Waals surface area contributed by atoms with Crippen molar-refractivity contribution >= 4 is 35.8 Å². The van der Waals surface area contributed by atoms with Crippen molar-refractivity contribution < 1.29 is 9.53 Å². The molecule has 0 spiro atoms. The van der Waals surface area contributed by atoms with E-state index in [-0.39, 0.29) is 35.9 Å². The summed E-state index contributed by atoms with van der Waals surface area (Å²) in [6.07, 6.45) is 0.429. The Bertz CT molecular complexity index is 538. The van der Waals surface area contributed by atoms with Crippen molar-refractivity contribution in [3.05, 3.63) is 35.9 Å². The van der Waals surface area contributed by atoms with E-state index in [2.05, 4.69) is 40.0 Å². The predicted molar refractivity (Wildman–Crippen MR) is 123 cm³/mol. The van der Waals surface area contributed by atoms with Crippen molar-refractivity contribution in [2.24, 2.45) is 10.9 Å². The van der Waals surface area contributed by atoms with Gasteiger partial charge in [-0.05, 0) is 32.3 Å². The fraction of sp³-hybridized carbons (Fsp3) is 0.600. The fourth-order valence-electron chi connectivity index (χ4n) is 2.28. The first kappa shape index (κ1) is 25.6. The third kappa shape index (κ3) is 13.5. The lowest BCUT2D eigenvalue weighted by atomic mass is 10.2. The maximum absolute atomic E-state index is 11.7. The summed E-state index contributed by atoms with van der Waals surface area (Å²) in [5.74, 6) is 1.10. The molecule has 0 heterocycles. The molecule has 1 aromatic rings. The summed E-state index contributed by atoms with van der Waals surface area (Å²) >= 11 is 0. The number of amides is 1. The molecular weight excluding hydrogens is 455 g/mol. The number of hydrogen-bond donors (Lipinski definition) is 3. The number of aliphatic imine (C=N–C) groups is 1. The van der Waals surface area contributed by atoms with E-state index in [9.17, 15) is 4.79 Å². The summed E-state index contributed by atoms with van der Waals surface area (Å²) in [5.41, 5.74) is 1.18. The van der Waals surface area contributed by atoms with Gasteiger partial charge in [0.25, 0.3) is 0 Å². The molecule has 1 amide bonds. The Hall–Kier alpha value is -1.35. The Morgan fingerprint density at radius 2 is 1.85 bits per heavy atom. The van der Waals surface area contributed by atoms with Crippen LogP contribution in [0, 0.1) is 5.92 Å². The standard InChI is InChI=1S/C20H34N4O2.HI/c1-5-21-20(22-12-11-19(25)24-16(2)3)23-13-17(4)14-26-15-18-9-7-6-8-10-18;/h6-10,16-17H,5,11-15H2,1-4H3,(H,24,25)(H2,21,22,23);1H. The minimum Gasteiger partial charge on any atom is -0.376 e. The topological polar surface area (TPSA) is 74.8 Å². The maximum atomic E-state index is 11.7. The molecule has 1 aromatic carbocycles. The zero-order chi connectivity index (χ0) is 19.2. The van der Waals surface area contributed by atoms with Gasteiger partial charge in [-0.25, -0.2) is 0 Å². The molecule has 7 heteroatoms. The average molecular weight is 490 g/mol. The predicted octanol–water partition coefficient (Wildman–Crippen LogP) is 2.93. The second kappa shape index (κ2) is 15.7. The number of ether oxygens (including phenoxy) is 1. The first-order valence-electron chi connectivity index (χ1n) is 9.44. The smallest absolute Gasteiger partial charge is 0.221 e. The Morgan fingerprint density at radius 1 is 1.15 bits per heavy atom. The molecule has 3 N–H and O–H groups in total. The Balaban J connectivity index is 0.00000676. The van der Waals surface area contributed by atoms with Crippen LogP contribution in [0.2, 0.25) is 0 Å². The van der Waals surface area contributed by atoms with Gasteiger partial charge in [0.1, 0.15) is 0 Å². The minimum atomic E-state index is 0. The van der Waals surface area contributed by atoms with Crippen molar-refractivity contribution in [1.29, 1.82) is 0 Å². The SMILES string of the molecule is CCNC(=NCC(C)COCc1ccccc1)NCCC(=O)NC(C)C.I. The average Bonchev–Trinajstić information content (AvgIpc) is 2.60. The second-order valence-electron chi connectivity index (χ2n) is 6.72. The van der Waals surface area contributed by atoms with Crippen LogP contribution >= 0.6 is 24.0 Å². The van der Waals surface area contributed by atoms with Crippen molar-refractivity contribution in [3.8, 4) is 0 Å². The molecule has 0 aliphatic rings. The number of nitrogens with one attached hydrogen (secondary N) is 3. The third-order valence-electron chi connectivity index (χ3n) is 3.51. The highest BCUT2D eigenvalue weighted by Crippen LogP contribution is 2.03. The summed E-state index contributed by atoms with van der Waals surface area (Å²) in [7, 11) is 0. The molecule has 1 rings (SSSR count). The van der Waals surface area contributed by atoms with Crippen LogP contribution in [0.25, 0.3) is 0 Å². The normalized spacial score (nSPS) is 12.3. The van der Waals surface area contributed by atoms with Crippen LogP contribution in [0.4, 0.5) is 0 Å². The number of nitrogens with zero attached hydrogens (tertiary/aromatic N) is 1. The highest BCUT2D eigenvalue weighted by atomic mass is 127. The summed E-state index contributed by atoms with van der Waals surface area (Å²) in [6.45, 7) is 11.3. The highest BCUT2D eigenvalue weighted by molar-refractivity contribution is 14.0. The van der Waals surface area contributed by atoms with Gasteiger partial charge in [0.15, 0.2) is 5.96 Å². The lowest BCUT2D eigenvalue weighted by molar-refractivity contribution is -0.121. The molecule has 27 heavy (non-hydrogen) atoms. The maximum Gasteiger partial charge on any atom is 0.221 e. The molecule has 0 aliphatic carbocycles. The van der Waals surface area contributed by atoms with Crippen LogP contribution in [0.3, 0.4) is 0 Å². The molecule has 0 bridgehead atoms. The van der Waals surface area contributed by atoms with Crippen molar-refractivity contribution in [2.45, 2.75) is 46.8 Å². The van der Waals surface area contributed by atoms with E-state index >= 15 is 0 Å². The van der Waals surface area contributed by atoms with Gasteiger partial charge in [0.05, 0.1) is 13.2 Å². The summed E-state index contributed by atoms with van der Waals surface area (Å²) in [5, 5.41) is 9.28. The van der Waals surface area contributed by atoms with Crippen LogP contribution in [0.1, 0.15) is 39.7 Å². The zero-order valence-corrected chi connectivity index (χ0v) is 19.3. The van der Waals surface area contributed by atoms with Crippen LogP contribution < -0.4 is 16.0 Å². The molecule has 0 radical (unpaired) electrons. The quantitative estimate of drug-likeness (QED) is 0.253. The van der Waals surface area contributed by atoms with Crippen LogP contribution in [-0.4, -0.2) is 44.1 Å². The lowest BCUT2D eigenvalue weighted by Crippen LogP contribution is -2.40. The van der Waals surface area contributed by atoms with E-state index in [1.807, 2.05) is 39.0 Å². The molecule has 0 fully saturated rings. The Labute approximate surface area is 181 Å². The van der Waals surface area contributed by atoms with E-state index in [0.29, 0.717) is 38.6 Å². The van der Waals surface area contributed by atoms with E-state index < -0.39 is 0 Å². The van der Waals surface area contributed by atoms with Crippen LogP contribution in [0.5, 0.6) is 0 Å². The van der Waals surface area contributed by atoms with Crippen molar-refractivity contribution in [2.75, 3.05) is 26.2 Å². The van der Waals surface area contributed by atoms with Crippen molar-refractivity contribution in [3.63, 3.8) is 0 Å². The molecule has 0 saturated heterocycles.